The van der Waals surface area contributed by atoms with Gasteiger partial charge in [-0.1, -0.05) is 0 Å². The maximum absolute atomic E-state index is 12.5. The Labute approximate surface area is 70.7 Å². The highest BCUT2D eigenvalue weighted by molar-refractivity contribution is 6.01. The van der Waals surface area contributed by atoms with E-state index < -0.39 is 5.83 Å². The van der Waals surface area contributed by atoms with Crippen molar-refractivity contribution in [3.8, 4) is 12.3 Å². The number of aliphatic imine (C=N–C) groups is 2. The van der Waals surface area contributed by atoms with Crippen molar-refractivity contribution in [3.63, 3.8) is 0 Å². The molecule has 64 valence electrons. The zero-order valence-electron chi connectivity index (χ0n) is 6.97. The zero-order valence-corrected chi connectivity index (χ0v) is 6.97. The third kappa shape index (κ3) is 2.97. The van der Waals surface area contributed by atoms with Crippen LogP contribution >= 0.6 is 0 Å². The van der Waals surface area contributed by atoms with Gasteiger partial charge in [0.1, 0.15) is 0 Å². The van der Waals surface area contributed by atoms with Gasteiger partial charge in [-0.15, -0.1) is 6.42 Å². The van der Waals surface area contributed by atoms with Crippen LogP contribution in [0, 0.1) is 12.3 Å². The molecule has 0 aliphatic rings. The summed E-state index contributed by atoms with van der Waals surface area (Å²) in [6.45, 7) is 4.36. The van der Waals surface area contributed by atoms with E-state index in [0.717, 1.165) is 0 Å². The number of hydrogen-bond donors (Lipinski definition) is 0. The van der Waals surface area contributed by atoms with Crippen LogP contribution in [-0.2, 0) is 4.74 Å². The Hall–Kier alpha value is -1.63. The lowest BCUT2D eigenvalue weighted by atomic mass is 10.5. The number of allylic oxidation sites excluding steroid dienone is 1. The van der Waals surface area contributed by atoms with E-state index in [-0.39, 0.29) is 11.7 Å². The second-order valence-electron chi connectivity index (χ2n) is 1.78. The summed E-state index contributed by atoms with van der Waals surface area (Å²) in [7, 11) is 1.29. The number of halogens is 1. The average Bonchev–Trinajstić information content (AvgIpc) is 2.06. The number of terminal acetylenes is 1. The molecule has 12 heavy (non-hydrogen) atoms. The largest absolute Gasteiger partial charge is 0.479 e. The average molecular weight is 168 g/mol. The SMILES string of the molecule is C#CC(N=C)=NC(OC)=C(C)F. The van der Waals surface area contributed by atoms with Crippen molar-refractivity contribution in [1.82, 2.24) is 0 Å². The van der Waals surface area contributed by atoms with Gasteiger partial charge in [-0.3, -0.25) is 0 Å². The van der Waals surface area contributed by atoms with Gasteiger partial charge < -0.3 is 4.74 Å². The van der Waals surface area contributed by atoms with Crippen LogP contribution in [0.1, 0.15) is 6.92 Å². The standard InChI is InChI=1S/C8H9FN2O/c1-5-7(10-3)11-8(12-4)6(2)9/h1H,3H2,2,4H3. The molecule has 0 aromatic rings. The highest BCUT2D eigenvalue weighted by Gasteiger charge is 2.00. The summed E-state index contributed by atoms with van der Waals surface area (Å²) in [5.41, 5.74) is 0. The highest BCUT2D eigenvalue weighted by atomic mass is 19.1. The van der Waals surface area contributed by atoms with Crippen LogP contribution in [-0.4, -0.2) is 19.7 Å². The van der Waals surface area contributed by atoms with Gasteiger partial charge in [0, 0.05) is 0 Å². The van der Waals surface area contributed by atoms with Gasteiger partial charge in [0.15, 0.2) is 5.83 Å². The molecule has 4 heteroatoms. The molecular formula is C8H9FN2O. The minimum Gasteiger partial charge on any atom is -0.479 e. The van der Waals surface area contributed by atoms with E-state index in [4.69, 9.17) is 6.42 Å². The van der Waals surface area contributed by atoms with Crippen LogP contribution in [0.3, 0.4) is 0 Å². The number of ether oxygens (including phenoxy) is 1. The van der Waals surface area contributed by atoms with Crippen LogP contribution in [0.5, 0.6) is 0 Å². The molecule has 0 amide bonds. The van der Waals surface area contributed by atoms with Gasteiger partial charge in [-0.05, 0) is 19.6 Å². The number of methoxy groups -OCH3 is 1. The van der Waals surface area contributed by atoms with Crippen molar-refractivity contribution in [2.24, 2.45) is 9.98 Å². The van der Waals surface area contributed by atoms with Crippen molar-refractivity contribution in [2.75, 3.05) is 7.11 Å². The fraction of sp³-hybridized carbons (Fsp3) is 0.250. The molecule has 0 aliphatic carbocycles. The third-order valence-corrected chi connectivity index (χ3v) is 0.974. The Morgan fingerprint density at radius 1 is 1.67 bits per heavy atom. The second kappa shape index (κ2) is 5.08. The Kier molecular flexibility index (Phi) is 4.39. The molecule has 0 aliphatic heterocycles. The number of rotatable bonds is 2. The molecule has 0 saturated carbocycles. The first-order chi connectivity index (χ1) is 5.65. The smallest absolute Gasteiger partial charge is 0.247 e. The van der Waals surface area contributed by atoms with Crippen LogP contribution < -0.4 is 0 Å². The Balaban J connectivity index is 4.83. The third-order valence-electron chi connectivity index (χ3n) is 0.974. The molecule has 0 saturated heterocycles. The quantitative estimate of drug-likeness (QED) is 0.266. The molecule has 0 heterocycles. The van der Waals surface area contributed by atoms with Gasteiger partial charge in [-0.2, -0.15) is 4.99 Å². The molecule has 0 radical (unpaired) electrons. The van der Waals surface area contributed by atoms with Gasteiger partial charge >= 0.3 is 0 Å². The molecule has 0 atom stereocenters. The summed E-state index contributed by atoms with van der Waals surface area (Å²) >= 11 is 0. The molecule has 0 bridgehead atoms. The monoisotopic (exact) mass is 168 g/mol. The predicted molar refractivity (Wildman–Crippen MR) is 46.6 cm³/mol. The van der Waals surface area contributed by atoms with Crippen LogP contribution in [0.25, 0.3) is 0 Å². The first kappa shape index (κ1) is 10.4. The molecule has 3 nitrogen and oxygen atoms in total. The second-order valence-corrected chi connectivity index (χ2v) is 1.78. The van der Waals surface area contributed by atoms with Gasteiger partial charge in [-0.25, -0.2) is 9.38 Å². The normalized spacial score (nSPS) is 13.0. The molecule has 0 aromatic heterocycles. The van der Waals surface area contributed by atoms with E-state index in [1.807, 2.05) is 0 Å². The highest BCUT2D eigenvalue weighted by Crippen LogP contribution is 2.07. The maximum Gasteiger partial charge on any atom is 0.247 e. The van der Waals surface area contributed by atoms with Gasteiger partial charge in [0.25, 0.3) is 0 Å². The number of amidine groups is 1. The fourth-order valence-electron chi connectivity index (χ4n) is 0.473. The summed E-state index contributed by atoms with van der Waals surface area (Å²) in [6, 6.07) is 0. The van der Waals surface area contributed by atoms with Crippen LogP contribution in [0.15, 0.2) is 21.7 Å². The van der Waals surface area contributed by atoms with Crippen molar-refractivity contribution < 1.29 is 9.13 Å². The Bertz CT molecular complexity index is 269. The Morgan fingerprint density at radius 3 is 2.50 bits per heavy atom. The van der Waals surface area contributed by atoms with Crippen molar-refractivity contribution in [1.29, 1.82) is 0 Å². The van der Waals surface area contributed by atoms with E-state index in [0.29, 0.717) is 0 Å². The number of hydrogen-bond acceptors (Lipinski definition) is 2. The molecule has 0 spiro atoms. The molecule has 0 aromatic carbocycles. The lowest BCUT2D eigenvalue weighted by Crippen LogP contribution is -1.92. The maximum atomic E-state index is 12.5. The van der Waals surface area contributed by atoms with Crippen molar-refractivity contribution in [2.45, 2.75) is 6.92 Å². The molecular weight excluding hydrogens is 159 g/mol. The van der Waals surface area contributed by atoms with E-state index in [9.17, 15) is 4.39 Å². The molecule has 0 fully saturated rings. The summed E-state index contributed by atoms with van der Waals surface area (Å²) in [5.74, 6) is 1.36. The lowest BCUT2D eigenvalue weighted by Gasteiger charge is -1.98. The summed E-state index contributed by atoms with van der Waals surface area (Å²) in [4.78, 5) is 6.92. The van der Waals surface area contributed by atoms with E-state index in [1.165, 1.54) is 14.0 Å². The van der Waals surface area contributed by atoms with Crippen molar-refractivity contribution in [3.05, 3.63) is 11.7 Å². The minimum absolute atomic E-state index is 0.0103. The Morgan fingerprint density at radius 2 is 2.25 bits per heavy atom. The number of nitrogens with zero attached hydrogens (tertiary/aromatic N) is 2. The van der Waals surface area contributed by atoms with Crippen molar-refractivity contribution >= 4 is 12.6 Å². The van der Waals surface area contributed by atoms with Crippen LogP contribution in [0.2, 0.25) is 0 Å². The topological polar surface area (TPSA) is 34.0 Å². The molecule has 0 unspecified atom stereocenters. The lowest BCUT2D eigenvalue weighted by molar-refractivity contribution is 0.272. The van der Waals surface area contributed by atoms with Crippen LogP contribution in [0.4, 0.5) is 4.39 Å². The summed E-state index contributed by atoms with van der Waals surface area (Å²) < 4.78 is 17.1. The first-order valence-corrected chi connectivity index (χ1v) is 3.08. The summed E-state index contributed by atoms with van der Waals surface area (Å²) in [6.07, 6.45) is 4.97. The molecule has 0 N–H and O–H groups in total. The van der Waals surface area contributed by atoms with Gasteiger partial charge in [0.2, 0.25) is 11.7 Å². The summed E-state index contributed by atoms with van der Waals surface area (Å²) in [5, 5.41) is 0. The molecule has 0 rings (SSSR count). The minimum atomic E-state index is -0.561. The van der Waals surface area contributed by atoms with Gasteiger partial charge in [0.05, 0.1) is 7.11 Å². The first-order valence-electron chi connectivity index (χ1n) is 3.08. The van der Waals surface area contributed by atoms with E-state index in [2.05, 4.69) is 27.4 Å². The van der Waals surface area contributed by atoms with E-state index in [1.54, 1.807) is 0 Å². The zero-order chi connectivity index (χ0) is 9.56. The van der Waals surface area contributed by atoms with E-state index >= 15 is 0 Å². The fourth-order valence-corrected chi connectivity index (χ4v) is 0.473. The predicted octanol–water partition coefficient (Wildman–Crippen LogP) is 1.52.